The molecule has 1 heterocycles. The molecule has 1 N–H and O–H groups in total. The van der Waals surface area contributed by atoms with Crippen molar-refractivity contribution in [1.82, 2.24) is 4.98 Å². The van der Waals surface area contributed by atoms with Crippen molar-refractivity contribution in [2.24, 2.45) is 5.41 Å². The average molecular weight is 251 g/mol. The van der Waals surface area contributed by atoms with Gasteiger partial charge in [0.05, 0.1) is 0 Å². The Bertz CT molecular complexity index is 412. The van der Waals surface area contributed by atoms with Gasteiger partial charge in [-0.05, 0) is 30.5 Å². The lowest BCUT2D eigenvalue weighted by Crippen LogP contribution is -2.39. The van der Waals surface area contributed by atoms with Crippen molar-refractivity contribution >= 4 is 11.9 Å². The number of carbonyl (C=O) groups excluding carboxylic acids is 1. The lowest BCUT2D eigenvalue weighted by Gasteiger charge is -2.24. The smallest absolute Gasteiger partial charge is 0.323 e. The number of aromatic nitrogens is 1. The molecule has 0 spiro atoms. The van der Waals surface area contributed by atoms with Gasteiger partial charge in [-0.3, -0.25) is 14.6 Å². The van der Waals surface area contributed by atoms with Crippen LogP contribution in [0.1, 0.15) is 32.3 Å². The van der Waals surface area contributed by atoms with Crippen LogP contribution in [0.15, 0.2) is 24.5 Å². The minimum atomic E-state index is -1.44. The summed E-state index contributed by atoms with van der Waals surface area (Å²) in [6.45, 7) is 3.41. The molecule has 0 aliphatic rings. The van der Waals surface area contributed by atoms with Crippen LogP contribution in [-0.2, 0) is 20.9 Å². The van der Waals surface area contributed by atoms with Crippen LogP contribution in [0.3, 0.4) is 0 Å². The number of hydrogen-bond donors (Lipinski definition) is 1. The van der Waals surface area contributed by atoms with Crippen molar-refractivity contribution in [2.75, 3.05) is 0 Å². The summed E-state index contributed by atoms with van der Waals surface area (Å²) in [5, 5.41) is 9.18. The highest BCUT2D eigenvalue weighted by Gasteiger charge is 2.44. The highest BCUT2D eigenvalue weighted by atomic mass is 16.5. The SMILES string of the molecule is CCC(CC)(C(=O)O)C(=O)OCc1ccncc1. The van der Waals surface area contributed by atoms with Gasteiger partial charge in [-0.15, -0.1) is 0 Å². The van der Waals surface area contributed by atoms with E-state index in [9.17, 15) is 14.7 Å². The second kappa shape index (κ2) is 6.14. The molecular weight excluding hydrogens is 234 g/mol. The molecule has 0 unspecified atom stereocenters. The lowest BCUT2D eigenvalue weighted by atomic mass is 9.82. The average Bonchev–Trinajstić information content (AvgIpc) is 2.39. The van der Waals surface area contributed by atoms with Gasteiger partial charge < -0.3 is 9.84 Å². The number of rotatable bonds is 6. The van der Waals surface area contributed by atoms with Gasteiger partial charge in [-0.1, -0.05) is 13.8 Å². The maximum Gasteiger partial charge on any atom is 0.323 e. The van der Waals surface area contributed by atoms with E-state index in [0.29, 0.717) is 0 Å². The summed E-state index contributed by atoms with van der Waals surface area (Å²) >= 11 is 0. The topological polar surface area (TPSA) is 76.5 Å². The van der Waals surface area contributed by atoms with Gasteiger partial charge >= 0.3 is 11.9 Å². The second-order valence-electron chi connectivity index (χ2n) is 4.03. The van der Waals surface area contributed by atoms with Gasteiger partial charge in [-0.2, -0.15) is 0 Å². The monoisotopic (exact) mass is 251 g/mol. The van der Waals surface area contributed by atoms with Crippen molar-refractivity contribution in [3.63, 3.8) is 0 Å². The molecule has 1 rings (SSSR count). The van der Waals surface area contributed by atoms with Crippen molar-refractivity contribution in [2.45, 2.75) is 33.3 Å². The highest BCUT2D eigenvalue weighted by Crippen LogP contribution is 2.28. The third-order valence-electron chi connectivity index (χ3n) is 3.13. The van der Waals surface area contributed by atoms with Crippen molar-refractivity contribution in [1.29, 1.82) is 0 Å². The summed E-state index contributed by atoms with van der Waals surface area (Å²) in [5.74, 6) is -1.82. The minimum absolute atomic E-state index is 0.0659. The predicted octanol–water partition coefficient (Wildman–Crippen LogP) is 2.02. The molecular formula is C13H17NO4. The molecule has 0 aliphatic heterocycles. The summed E-state index contributed by atoms with van der Waals surface area (Å²) in [4.78, 5) is 27.0. The third-order valence-corrected chi connectivity index (χ3v) is 3.13. The Morgan fingerprint density at radius 3 is 2.28 bits per heavy atom. The highest BCUT2D eigenvalue weighted by molar-refractivity contribution is 5.99. The summed E-state index contributed by atoms with van der Waals surface area (Å²) in [5.41, 5.74) is -0.655. The van der Waals surface area contributed by atoms with E-state index in [1.165, 1.54) is 0 Å². The Morgan fingerprint density at radius 1 is 1.28 bits per heavy atom. The van der Waals surface area contributed by atoms with Gasteiger partial charge in [0.15, 0.2) is 5.41 Å². The largest absolute Gasteiger partial charge is 0.480 e. The van der Waals surface area contributed by atoms with Crippen LogP contribution in [-0.4, -0.2) is 22.0 Å². The van der Waals surface area contributed by atoms with E-state index in [0.717, 1.165) is 5.56 Å². The fraction of sp³-hybridized carbons (Fsp3) is 0.462. The van der Waals surface area contributed by atoms with Crippen LogP contribution in [0.25, 0.3) is 0 Å². The molecule has 1 aromatic heterocycles. The summed E-state index contributed by atoms with van der Waals surface area (Å²) < 4.78 is 5.09. The number of esters is 1. The normalized spacial score (nSPS) is 11.0. The molecule has 5 nitrogen and oxygen atoms in total. The zero-order valence-electron chi connectivity index (χ0n) is 10.5. The van der Waals surface area contributed by atoms with E-state index in [1.807, 2.05) is 0 Å². The Morgan fingerprint density at radius 2 is 1.83 bits per heavy atom. The fourth-order valence-corrected chi connectivity index (χ4v) is 1.69. The van der Waals surface area contributed by atoms with Crippen LogP contribution in [0.5, 0.6) is 0 Å². The van der Waals surface area contributed by atoms with E-state index >= 15 is 0 Å². The standard InChI is InChI=1S/C13H17NO4/c1-3-13(4-2,11(15)16)12(17)18-9-10-5-7-14-8-6-10/h5-8H,3-4,9H2,1-2H3,(H,15,16). The van der Waals surface area contributed by atoms with Crippen LogP contribution < -0.4 is 0 Å². The Balaban J connectivity index is 2.72. The van der Waals surface area contributed by atoms with Gasteiger partial charge in [0, 0.05) is 12.4 Å². The summed E-state index contributed by atoms with van der Waals surface area (Å²) in [7, 11) is 0. The number of aliphatic carboxylic acids is 1. The van der Waals surface area contributed by atoms with E-state index in [-0.39, 0.29) is 19.4 Å². The van der Waals surface area contributed by atoms with Gasteiger partial charge in [0.25, 0.3) is 0 Å². The van der Waals surface area contributed by atoms with Crippen LogP contribution >= 0.6 is 0 Å². The zero-order valence-corrected chi connectivity index (χ0v) is 10.5. The van der Waals surface area contributed by atoms with E-state index in [1.54, 1.807) is 38.4 Å². The van der Waals surface area contributed by atoms with E-state index < -0.39 is 17.4 Å². The molecule has 0 atom stereocenters. The molecule has 18 heavy (non-hydrogen) atoms. The maximum atomic E-state index is 11.9. The summed E-state index contributed by atoms with van der Waals surface area (Å²) in [6, 6.07) is 3.43. The zero-order chi connectivity index (χ0) is 13.6. The first-order chi connectivity index (χ1) is 8.56. The number of pyridine rings is 1. The second-order valence-corrected chi connectivity index (χ2v) is 4.03. The lowest BCUT2D eigenvalue weighted by molar-refractivity contribution is -0.170. The number of hydrogen-bond acceptors (Lipinski definition) is 4. The molecule has 0 amide bonds. The Labute approximate surface area is 106 Å². The van der Waals surface area contributed by atoms with Crippen LogP contribution in [0.2, 0.25) is 0 Å². The first-order valence-electron chi connectivity index (χ1n) is 5.86. The first-order valence-corrected chi connectivity index (χ1v) is 5.86. The molecule has 98 valence electrons. The molecule has 0 aromatic carbocycles. The predicted molar refractivity (Wildman–Crippen MR) is 64.7 cm³/mol. The number of nitrogens with zero attached hydrogens (tertiary/aromatic N) is 1. The van der Waals surface area contributed by atoms with Crippen LogP contribution in [0, 0.1) is 5.41 Å². The molecule has 5 heteroatoms. The maximum absolute atomic E-state index is 11.9. The van der Waals surface area contributed by atoms with Crippen molar-refractivity contribution in [3.8, 4) is 0 Å². The quantitative estimate of drug-likeness (QED) is 0.618. The third kappa shape index (κ3) is 2.85. The van der Waals surface area contributed by atoms with Gasteiger partial charge in [-0.25, -0.2) is 0 Å². The Kier molecular flexibility index (Phi) is 4.83. The van der Waals surface area contributed by atoms with Crippen molar-refractivity contribution in [3.05, 3.63) is 30.1 Å². The van der Waals surface area contributed by atoms with Crippen molar-refractivity contribution < 1.29 is 19.4 Å². The molecule has 0 aliphatic carbocycles. The molecule has 0 saturated heterocycles. The fourth-order valence-electron chi connectivity index (χ4n) is 1.69. The minimum Gasteiger partial charge on any atom is -0.480 e. The van der Waals surface area contributed by atoms with Crippen LogP contribution in [0.4, 0.5) is 0 Å². The summed E-state index contributed by atoms with van der Waals surface area (Å²) in [6.07, 6.45) is 3.61. The molecule has 0 fully saturated rings. The van der Waals surface area contributed by atoms with Gasteiger partial charge in [0.2, 0.25) is 0 Å². The first kappa shape index (κ1) is 14.2. The number of carbonyl (C=O) groups is 2. The van der Waals surface area contributed by atoms with Gasteiger partial charge in [0.1, 0.15) is 6.61 Å². The molecule has 0 radical (unpaired) electrons. The molecule has 1 aromatic rings. The number of ether oxygens (including phenoxy) is 1. The molecule has 0 bridgehead atoms. The number of carboxylic acid groups (broad SMARTS) is 1. The number of carboxylic acids is 1. The van der Waals surface area contributed by atoms with E-state index in [4.69, 9.17) is 4.74 Å². The molecule has 0 saturated carbocycles. The Hall–Kier alpha value is -1.91. The van der Waals surface area contributed by atoms with E-state index in [2.05, 4.69) is 4.98 Å².